The Morgan fingerprint density at radius 1 is 1.43 bits per heavy atom. The third-order valence-electron chi connectivity index (χ3n) is 2.61. The number of nitrogens with zero attached hydrogens (tertiary/aromatic N) is 1. The molecule has 1 rings (SSSR count). The van der Waals surface area contributed by atoms with E-state index in [1.54, 1.807) is 0 Å². The van der Waals surface area contributed by atoms with Crippen molar-refractivity contribution < 1.29 is 8.42 Å². The van der Waals surface area contributed by atoms with Crippen molar-refractivity contribution in [3.63, 3.8) is 0 Å². The van der Waals surface area contributed by atoms with E-state index in [4.69, 9.17) is 0 Å². The first-order valence-corrected chi connectivity index (χ1v) is 7.05. The largest absolute Gasteiger partial charge is 0.301 e. The van der Waals surface area contributed by atoms with Crippen molar-refractivity contribution >= 4 is 9.84 Å². The van der Waals surface area contributed by atoms with Gasteiger partial charge in [-0.2, -0.15) is 0 Å². The second-order valence-corrected chi connectivity index (χ2v) is 6.86. The molecule has 1 aliphatic rings. The van der Waals surface area contributed by atoms with Crippen molar-refractivity contribution in [1.29, 1.82) is 0 Å². The van der Waals surface area contributed by atoms with Crippen LogP contribution in [0.5, 0.6) is 0 Å². The average Bonchev–Trinajstić information content (AvgIpc) is 2.01. The molecule has 0 amide bonds. The molecule has 1 saturated heterocycles. The summed E-state index contributed by atoms with van der Waals surface area (Å²) in [6.07, 6.45) is 3.19. The second-order valence-electron chi connectivity index (χ2n) is 4.54. The van der Waals surface area contributed by atoms with Crippen molar-refractivity contribution in [1.82, 2.24) is 4.90 Å². The molecule has 3 nitrogen and oxygen atoms in total. The molecule has 14 heavy (non-hydrogen) atoms. The fraction of sp³-hybridized carbons (Fsp3) is 0.900. The van der Waals surface area contributed by atoms with Crippen LogP contribution in [0, 0.1) is 5.92 Å². The van der Waals surface area contributed by atoms with Crippen molar-refractivity contribution in [3.8, 4) is 0 Å². The van der Waals surface area contributed by atoms with Gasteiger partial charge in [0.1, 0.15) is 0 Å². The van der Waals surface area contributed by atoms with E-state index in [2.05, 4.69) is 18.7 Å². The summed E-state index contributed by atoms with van der Waals surface area (Å²) in [6, 6.07) is 0. The molecule has 4 heteroatoms. The van der Waals surface area contributed by atoms with Crippen molar-refractivity contribution in [3.05, 3.63) is 5.92 Å². The molecule has 1 radical (unpaired) electrons. The standard InChI is InChI=1S/C10H20NO2S/c1-9(2)7-11-6-4-5-10(8-11)14(3,12)13/h10H,4-8H2,1-3H3. The summed E-state index contributed by atoms with van der Waals surface area (Å²) >= 11 is 0. The number of piperidine rings is 1. The second kappa shape index (κ2) is 4.62. The van der Waals surface area contributed by atoms with Crippen LogP contribution in [-0.2, 0) is 9.84 Å². The van der Waals surface area contributed by atoms with Crippen molar-refractivity contribution in [2.75, 3.05) is 25.9 Å². The van der Waals surface area contributed by atoms with Crippen LogP contribution in [0.3, 0.4) is 0 Å². The maximum Gasteiger partial charge on any atom is 0.151 e. The highest BCUT2D eigenvalue weighted by Crippen LogP contribution is 2.17. The summed E-state index contributed by atoms with van der Waals surface area (Å²) in [6.45, 7) is 6.86. The van der Waals surface area contributed by atoms with Gasteiger partial charge in [0.25, 0.3) is 0 Å². The quantitative estimate of drug-likeness (QED) is 0.712. The normalized spacial score (nSPS) is 25.6. The summed E-state index contributed by atoms with van der Waals surface area (Å²) in [5.74, 6) is 1.35. The first-order chi connectivity index (χ1) is 6.39. The lowest BCUT2D eigenvalue weighted by Crippen LogP contribution is -2.43. The Kier molecular flexibility index (Phi) is 3.95. The van der Waals surface area contributed by atoms with Crippen LogP contribution in [0.4, 0.5) is 0 Å². The molecule has 0 aromatic carbocycles. The highest BCUT2D eigenvalue weighted by molar-refractivity contribution is 7.91. The molecule has 0 saturated carbocycles. The first-order valence-electron chi connectivity index (χ1n) is 5.10. The molecule has 1 fully saturated rings. The molecule has 0 aliphatic carbocycles. The summed E-state index contributed by atoms with van der Waals surface area (Å²) in [5, 5.41) is -0.143. The number of sulfone groups is 1. The minimum absolute atomic E-state index is 0.143. The van der Waals surface area contributed by atoms with Gasteiger partial charge in [0.15, 0.2) is 9.84 Å². The first kappa shape index (κ1) is 12.0. The van der Waals surface area contributed by atoms with Crippen LogP contribution in [0.25, 0.3) is 0 Å². The molecule has 0 N–H and O–H groups in total. The molecule has 1 aliphatic heterocycles. The van der Waals surface area contributed by atoms with Crippen molar-refractivity contribution in [2.24, 2.45) is 0 Å². The molecule has 0 bridgehead atoms. The predicted molar refractivity (Wildman–Crippen MR) is 58.9 cm³/mol. The summed E-state index contributed by atoms with van der Waals surface area (Å²) in [7, 11) is -2.85. The van der Waals surface area contributed by atoms with Crippen LogP contribution in [-0.4, -0.2) is 44.5 Å². The zero-order chi connectivity index (χ0) is 10.8. The van der Waals surface area contributed by atoms with Gasteiger partial charge in [-0.05, 0) is 25.3 Å². The molecule has 0 aromatic heterocycles. The lowest BCUT2D eigenvalue weighted by atomic mass is 10.1. The highest BCUT2D eigenvalue weighted by atomic mass is 32.2. The van der Waals surface area contributed by atoms with Gasteiger partial charge >= 0.3 is 0 Å². The van der Waals surface area contributed by atoms with E-state index in [0.717, 1.165) is 25.9 Å². The number of rotatable bonds is 3. The Balaban J connectivity index is 2.52. The minimum atomic E-state index is -2.85. The maximum absolute atomic E-state index is 11.4. The SMILES string of the molecule is C[C](C)CN1CCCC(S(C)(=O)=O)C1. The number of hydrogen-bond donors (Lipinski definition) is 0. The predicted octanol–water partition coefficient (Wildman–Crippen LogP) is 1.11. The lowest BCUT2D eigenvalue weighted by molar-refractivity contribution is 0.239. The maximum atomic E-state index is 11.4. The van der Waals surface area contributed by atoms with E-state index in [9.17, 15) is 8.42 Å². The van der Waals surface area contributed by atoms with Crippen LogP contribution in [0.1, 0.15) is 26.7 Å². The lowest BCUT2D eigenvalue weighted by Gasteiger charge is -2.32. The Labute approximate surface area is 87.4 Å². The number of hydrogen-bond acceptors (Lipinski definition) is 3. The van der Waals surface area contributed by atoms with Crippen molar-refractivity contribution in [2.45, 2.75) is 31.9 Å². The summed E-state index contributed by atoms with van der Waals surface area (Å²) in [5.41, 5.74) is 0. The topological polar surface area (TPSA) is 37.4 Å². The van der Waals surface area contributed by atoms with Gasteiger partial charge in [0, 0.05) is 19.3 Å². The van der Waals surface area contributed by atoms with Gasteiger partial charge < -0.3 is 4.90 Å². The monoisotopic (exact) mass is 218 g/mol. The third kappa shape index (κ3) is 3.58. The molecular formula is C10H20NO2S. The van der Waals surface area contributed by atoms with E-state index >= 15 is 0 Å². The van der Waals surface area contributed by atoms with Crippen LogP contribution >= 0.6 is 0 Å². The third-order valence-corrected chi connectivity index (χ3v) is 4.20. The Morgan fingerprint density at radius 2 is 2.07 bits per heavy atom. The highest BCUT2D eigenvalue weighted by Gasteiger charge is 2.27. The van der Waals surface area contributed by atoms with Gasteiger partial charge in [0.2, 0.25) is 0 Å². The molecule has 0 spiro atoms. The van der Waals surface area contributed by atoms with Gasteiger partial charge in [-0.3, -0.25) is 0 Å². The molecule has 1 atom stereocenters. The van der Waals surface area contributed by atoms with E-state index in [1.807, 2.05) is 0 Å². The minimum Gasteiger partial charge on any atom is -0.301 e. The van der Waals surface area contributed by atoms with Gasteiger partial charge in [-0.25, -0.2) is 8.42 Å². The van der Waals surface area contributed by atoms with Gasteiger partial charge in [-0.1, -0.05) is 13.8 Å². The van der Waals surface area contributed by atoms with Crippen LogP contribution in [0.15, 0.2) is 0 Å². The molecule has 0 aromatic rings. The van der Waals surface area contributed by atoms with Gasteiger partial charge in [0.05, 0.1) is 5.25 Å². The Hall–Kier alpha value is -0.0900. The zero-order valence-corrected chi connectivity index (χ0v) is 10.1. The van der Waals surface area contributed by atoms with Crippen LogP contribution < -0.4 is 0 Å². The summed E-state index contributed by atoms with van der Waals surface area (Å²) in [4.78, 5) is 2.24. The van der Waals surface area contributed by atoms with Crippen LogP contribution in [0.2, 0.25) is 0 Å². The smallest absolute Gasteiger partial charge is 0.151 e. The Morgan fingerprint density at radius 3 is 2.57 bits per heavy atom. The summed E-state index contributed by atoms with van der Waals surface area (Å²) < 4.78 is 22.8. The number of likely N-dealkylation sites (tertiary alicyclic amines) is 1. The fourth-order valence-electron chi connectivity index (χ4n) is 1.95. The molecule has 83 valence electrons. The zero-order valence-electron chi connectivity index (χ0n) is 9.28. The van der Waals surface area contributed by atoms with E-state index < -0.39 is 9.84 Å². The van der Waals surface area contributed by atoms with E-state index in [0.29, 0.717) is 6.54 Å². The van der Waals surface area contributed by atoms with Gasteiger partial charge in [-0.15, -0.1) is 0 Å². The van der Waals surface area contributed by atoms with E-state index in [1.165, 1.54) is 12.2 Å². The molecule has 1 heterocycles. The average molecular weight is 218 g/mol. The molecule has 1 unspecified atom stereocenters. The van der Waals surface area contributed by atoms with E-state index in [-0.39, 0.29) is 5.25 Å². The molecular weight excluding hydrogens is 198 g/mol. The fourth-order valence-corrected chi connectivity index (χ4v) is 3.03. The Bertz CT molecular complexity index is 272.